The minimum Gasteiger partial charge on any atom is -0.480 e. The molecule has 0 saturated carbocycles. The van der Waals surface area contributed by atoms with Gasteiger partial charge in [0.05, 0.1) is 5.56 Å². The second-order valence-corrected chi connectivity index (χ2v) is 10.1. The van der Waals surface area contributed by atoms with Gasteiger partial charge in [-0.05, 0) is 52.2 Å². The van der Waals surface area contributed by atoms with Gasteiger partial charge in [0.1, 0.15) is 11.7 Å². The molecule has 0 heterocycles. The van der Waals surface area contributed by atoms with Gasteiger partial charge < -0.3 is 15.7 Å². The Hall–Kier alpha value is -4.57. The number of carbonyl (C=O) groups excluding carboxylic acids is 2. The standard InChI is InChI=1S/C31H25F3N2O4S/c32-31(33,34)24-15-13-22(14-16-24)28(37)35-26(17-23-11-6-10-21-9-4-5-12-25(21)23)29(38)36-27(30(39)40)19-41-18-20-7-2-1-3-8-20/h1-17,27H,18-19H2,(H,35,37)(H,36,38)(H,39,40)/t27-/m0/s1. The number of aliphatic carboxylic acids is 1. The van der Waals surface area contributed by atoms with Crippen LogP contribution in [0.2, 0.25) is 0 Å². The summed E-state index contributed by atoms with van der Waals surface area (Å²) in [6, 6.07) is 24.4. The maximum absolute atomic E-state index is 13.4. The van der Waals surface area contributed by atoms with Crippen molar-refractivity contribution in [3.63, 3.8) is 0 Å². The molecule has 4 aromatic carbocycles. The molecule has 4 aromatic rings. The molecule has 41 heavy (non-hydrogen) atoms. The molecule has 0 bridgehead atoms. The Bertz CT molecular complexity index is 1570. The summed E-state index contributed by atoms with van der Waals surface area (Å²) in [6.45, 7) is 0. The summed E-state index contributed by atoms with van der Waals surface area (Å²) in [5, 5.41) is 16.3. The Morgan fingerprint density at radius 2 is 1.51 bits per heavy atom. The molecule has 1 atom stereocenters. The molecule has 0 spiro atoms. The normalized spacial score (nSPS) is 12.5. The lowest BCUT2D eigenvalue weighted by atomic mass is 10.0. The molecule has 0 fully saturated rings. The van der Waals surface area contributed by atoms with E-state index in [9.17, 15) is 32.7 Å². The number of thioether (sulfide) groups is 1. The van der Waals surface area contributed by atoms with Gasteiger partial charge in [0.15, 0.2) is 0 Å². The van der Waals surface area contributed by atoms with Crippen molar-refractivity contribution in [2.75, 3.05) is 5.75 Å². The summed E-state index contributed by atoms with van der Waals surface area (Å²) in [7, 11) is 0. The van der Waals surface area contributed by atoms with Crippen LogP contribution in [0.1, 0.15) is 27.0 Å². The first-order chi connectivity index (χ1) is 19.6. The Morgan fingerprint density at radius 3 is 2.20 bits per heavy atom. The van der Waals surface area contributed by atoms with Crippen LogP contribution in [0.25, 0.3) is 16.8 Å². The number of carboxylic acids is 1. The highest BCUT2D eigenvalue weighted by Gasteiger charge is 2.30. The van der Waals surface area contributed by atoms with E-state index >= 15 is 0 Å². The van der Waals surface area contributed by atoms with Crippen molar-refractivity contribution >= 4 is 46.4 Å². The molecule has 0 aromatic heterocycles. The Labute approximate surface area is 238 Å². The fourth-order valence-corrected chi connectivity index (χ4v) is 4.98. The lowest BCUT2D eigenvalue weighted by Gasteiger charge is -2.17. The SMILES string of the molecule is O=C(N[C@@H](CSCc1ccccc1)C(=O)O)C(=Cc1cccc2ccccc12)NC(=O)c1ccc(C(F)(F)F)cc1. The van der Waals surface area contributed by atoms with Crippen molar-refractivity contribution < 1.29 is 32.7 Å². The predicted octanol–water partition coefficient (Wildman–Crippen LogP) is 6.13. The number of nitrogens with one attached hydrogen (secondary N) is 2. The second kappa shape index (κ2) is 13.2. The summed E-state index contributed by atoms with van der Waals surface area (Å²) in [5.41, 5.74) is 0.281. The third-order valence-corrected chi connectivity index (χ3v) is 7.20. The fraction of sp³-hybridized carbons (Fsp3) is 0.129. The van der Waals surface area contributed by atoms with Gasteiger partial charge in [-0.2, -0.15) is 24.9 Å². The van der Waals surface area contributed by atoms with E-state index in [0.717, 1.165) is 40.6 Å². The summed E-state index contributed by atoms with van der Waals surface area (Å²) < 4.78 is 38.9. The molecular weight excluding hydrogens is 553 g/mol. The third kappa shape index (κ3) is 7.98. The monoisotopic (exact) mass is 578 g/mol. The van der Waals surface area contributed by atoms with Crippen molar-refractivity contribution in [1.29, 1.82) is 0 Å². The van der Waals surface area contributed by atoms with Crippen molar-refractivity contribution in [3.05, 3.63) is 125 Å². The van der Waals surface area contributed by atoms with Gasteiger partial charge in [-0.25, -0.2) is 4.79 Å². The van der Waals surface area contributed by atoms with Gasteiger partial charge in [0.25, 0.3) is 11.8 Å². The van der Waals surface area contributed by atoms with E-state index in [2.05, 4.69) is 10.6 Å². The number of amides is 2. The van der Waals surface area contributed by atoms with E-state index in [-0.39, 0.29) is 17.0 Å². The highest BCUT2D eigenvalue weighted by molar-refractivity contribution is 7.98. The predicted molar refractivity (Wildman–Crippen MR) is 153 cm³/mol. The van der Waals surface area contributed by atoms with Crippen LogP contribution in [0.15, 0.2) is 103 Å². The first-order valence-electron chi connectivity index (χ1n) is 12.5. The molecule has 0 unspecified atom stereocenters. The number of fused-ring (bicyclic) bond motifs is 1. The summed E-state index contributed by atoms with van der Waals surface area (Å²) in [6.07, 6.45) is -3.16. The third-order valence-electron chi connectivity index (χ3n) is 6.09. The van der Waals surface area contributed by atoms with Gasteiger partial charge in [-0.3, -0.25) is 9.59 Å². The molecule has 4 rings (SSSR count). The lowest BCUT2D eigenvalue weighted by molar-refractivity contribution is -0.140. The van der Waals surface area contributed by atoms with Crippen molar-refractivity contribution in [2.45, 2.75) is 18.0 Å². The molecular formula is C31H25F3N2O4S. The van der Waals surface area contributed by atoms with Crippen LogP contribution in [-0.4, -0.2) is 34.7 Å². The minimum absolute atomic E-state index is 0.0599. The average molecular weight is 579 g/mol. The summed E-state index contributed by atoms with van der Waals surface area (Å²) in [4.78, 5) is 38.3. The fourth-order valence-electron chi connectivity index (χ4n) is 3.97. The van der Waals surface area contributed by atoms with Gasteiger partial charge >= 0.3 is 12.1 Å². The van der Waals surface area contributed by atoms with Gasteiger partial charge in [-0.1, -0.05) is 72.8 Å². The molecule has 0 aliphatic heterocycles. The minimum atomic E-state index is -4.57. The number of carbonyl (C=O) groups is 3. The van der Waals surface area contributed by atoms with Crippen LogP contribution in [0, 0.1) is 0 Å². The van der Waals surface area contributed by atoms with Crippen LogP contribution < -0.4 is 10.6 Å². The van der Waals surface area contributed by atoms with Gasteiger partial charge in [-0.15, -0.1) is 0 Å². The molecule has 0 saturated heterocycles. The lowest BCUT2D eigenvalue weighted by Crippen LogP contribution is -2.45. The van der Waals surface area contributed by atoms with Crippen LogP contribution in [0.4, 0.5) is 13.2 Å². The summed E-state index contributed by atoms with van der Waals surface area (Å²) in [5.74, 6) is -2.34. The molecule has 210 valence electrons. The first-order valence-corrected chi connectivity index (χ1v) is 13.6. The molecule has 2 amide bonds. The van der Waals surface area contributed by atoms with E-state index in [1.807, 2.05) is 60.7 Å². The number of carboxylic acid groups (broad SMARTS) is 1. The second-order valence-electron chi connectivity index (χ2n) is 9.02. The van der Waals surface area contributed by atoms with E-state index in [1.165, 1.54) is 17.8 Å². The summed E-state index contributed by atoms with van der Waals surface area (Å²) >= 11 is 1.32. The molecule has 0 radical (unpaired) electrons. The number of hydrogen-bond donors (Lipinski definition) is 3. The zero-order valence-electron chi connectivity index (χ0n) is 21.5. The smallest absolute Gasteiger partial charge is 0.416 e. The zero-order valence-corrected chi connectivity index (χ0v) is 22.3. The van der Waals surface area contributed by atoms with E-state index in [0.29, 0.717) is 11.3 Å². The number of hydrogen-bond acceptors (Lipinski definition) is 4. The Kier molecular flexibility index (Phi) is 9.46. The van der Waals surface area contributed by atoms with Crippen molar-refractivity contribution in [2.24, 2.45) is 0 Å². The highest BCUT2D eigenvalue weighted by Crippen LogP contribution is 2.29. The number of halogens is 3. The van der Waals surface area contributed by atoms with Crippen LogP contribution in [0.3, 0.4) is 0 Å². The molecule has 10 heteroatoms. The number of rotatable bonds is 10. The largest absolute Gasteiger partial charge is 0.480 e. The van der Waals surface area contributed by atoms with Crippen LogP contribution in [0.5, 0.6) is 0 Å². The van der Waals surface area contributed by atoms with Gasteiger partial charge in [0.2, 0.25) is 0 Å². The molecule has 3 N–H and O–H groups in total. The van der Waals surface area contributed by atoms with Crippen molar-refractivity contribution in [1.82, 2.24) is 10.6 Å². The topological polar surface area (TPSA) is 95.5 Å². The van der Waals surface area contributed by atoms with E-state index in [4.69, 9.17) is 0 Å². The van der Waals surface area contributed by atoms with Crippen LogP contribution >= 0.6 is 11.8 Å². The molecule has 0 aliphatic carbocycles. The van der Waals surface area contributed by atoms with Crippen LogP contribution in [-0.2, 0) is 21.5 Å². The Morgan fingerprint density at radius 1 is 0.854 bits per heavy atom. The average Bonchev–Trinajstić information content (AvgIpc) is 2.96. The van der Waals surface area contributed by atoms with Crippen molar-refractivity contribution in [3.8, 4) is 0 Å². The van der Waals surface area contributed by atoms with Gasteiger partial charge in [0, 0.05) is 17.1 Å². The molecule has 6 nitrogen and oxygen atoms in total. The molecule has 0 aliphatic rings. The van der Waals surface area contributed by atoms with E-state index < -0.39 is 35.6 Å². The highest BCUT2D eigenvalue weighted by atomic mass is 32.2. The number of benzene rings is 4. The first kappa shape index (κ1) is 29.4. The zero-order chi connectivity index (χ0) is 29.4. The quantitative estimate of drug-likeness (QED) is 0.197. The number of alkyl halides is 3. The van der Waals surface area contributed by atoms with E-state index in [1.54, 1.807) is 12.1 Å². The Balaban J connectivity index is 1.59. The maximum Gasteiger partial charge on any atom is 0.416 e. The maximum atomic E-state index is 13.4.